The second-order valence-electron chi connectivity index (χ2n) is 23.4. The fourth-order valence-electron chi connectivity index (χ4n) is 14.0. The van der Waals surface area contributed by atoms with Crippen molar-refractivity contribution in [3.05, 3.63) is 77.0 Å². The summed E-state index contributed by atoms with van der Waals surface area (Å²) in [4.78, 5) is 62.6. The Hall–Kier alpha value is -6.11. The molecule has 13 rings (SSSR count). The summed E-state index contributed by atoms with van der Waals surface area (Å²) in [5.74, 6) is -1.54. The van der Waals surface area contributed by atoms with Gasteiger partial charge in [-0.25, -0.2) is 13.2 Å². The number of fused-ring (bicyclic) bond motifs is 3. The van der Waals surface area contributed by atoms with E-state index in [1.54, 1.807) is 23.2 Å². The molecule has 2 saturated carbocycles. The van der Waals surface area contributed by atoms with Crippen LogP contribution in [0.1, 0.15) is 99.0 Å². The van der Waals surface area contributed by atoms with Crippen LogP contribution < -0.4 is 19.9 Å². The molecule has 2 aromatic heterocycles. The lowest BCUT2D eigenvalue weighted by atomic mass is 9.55. The minimum Gasteiger partial charge on any atom is -0.508 e. The van der Waals surface area contributed by atoms with E-state index in [0.29, 0.717) is 98.2 Å². The van der Waals surface area contributed by atoms with Crippen LogP contribution in [0.5, 0.6) is 11.8 Å². The van der Waals surface area contributed by atoms with E-state index in [4.69, 9.17) is 19.4 Å². The number of phenols is 1. The van der Waals surface area contributed by atoms with Gasteiger partial charge in [0, 0.05) is 100 Å². The average Bonchev–Trinajstić information content (AvgIpc) is 4.09. The Morgan fingerprint density at radius 1 is 0.867 bits per heavy atom. The number of alkyl halides is 1. The zero-order valence-corrected chi connectivity index (χ0v) is 42.6. The first-order valence-electron chi connectivity index (χ1n) is 27.2. The molecule has 3 aromatic carbocycles. The summed E-state index contributed by atoms with van der Waals surface area (Å²) in [5, 5.41) is 14.7. The molecule has 0 bridgehead atoms. The molecular weight excluding hydrogens is 964 g/mol. The summed E-state index contributed by atoms with van der Waals surface area (Å²) in [6, 6.07) is 11.2. The molecule has 5 saturated heterocycles. The van der Waals surface area contributed by atoms with Crippen LogP contribution in [-0.2, 0) is 27.3 Å². The largest absolute Gasteiger partial charge is 0.508 e. The molecule has 7 fully saturated rings. The Balaban J connectivity index is 0.638. The molecule has 2 spiro atoms. The first kappa shape index (κ1) is 48.5. The number of halogens is 3. The molecule has 3 amide bonds. The number of carbonyl (C=O) groups excluding carboxylic acids is 3. The number of anilines is 2. The summed E-state index contributed by atoms with van der Waals surface area (Å²) >= 11 is 0. The maximum Gasteiger partial charge on any atom is 0.319 e. The Bertz CT molecular complexity index is 3140. The molecule has 75 heavy (non-hydrogen) atoms. The standard InChI is InChI=1S/C57H64F3N9O6/c1-2-39-43(58)7-4-35-25-38(70)26-41(46(35)39)48-47(59)49-42(27-61-48)50(68-16-3-10-57(33-68)15-23-75-57)64-53(63-49)74-34-55(11-12-55)31-65-17-13-54(14-18-65)29-56(60,30-54)32-66-19-21-67(22-20-66)37-5-6-40-36(24-37)28-69(52(40)73)44-8-9-45(71)62-51(44)72/h4-7,24-27,44,70H,2-3,8-23,28-34H2,1H3,(H,62,71,72)/t44-,57?/m0/s1. The maximum atomic E-state index is 17.3. The highest BCUT2D eigenvalue weighted by Crippen LogP contribution is 2.58. The SMILES string of the molecule is CCc1c(F)ccc2cc(O)cc(-c3ncc4c(N5CCCC6(CCO6)C5)nc(OCC5(CN6CCC7(CC6)CC(F)(CN6CCN(c8ccc9c(c8)CN([C@H]8CCC(=O)NC8=O)C9=O)CC6)C7)CC5)nc4c3F)c12. The van der Waals surface area contributed by atoms with Crippen LogP contribution in [-0.4, -0.2) is 148 Å². The number of phenolic OH excluding ortho intramolecular Hbond substituents is 1. The van der Waals surface area contributed by atoms with Gasteiger partial charge in [-0.15, -0.1) is 0 Å². The van der Waals surface area contributed by atoms with Crippen LogP contribution in [0.25, 0.3) is 32.9 Å². The van der Waals surface area contributed by atoms with Gasteiger partial charge in [-0.2, -0.15) is 9.97 Å². The summed E-state index contributed by atoms with van der Waals surface area (Å²) in [5.41, 5.74) is 1.67. The lowest BCUT2D eigenvalue weighted by Gasteiger charge is -2.57. The van der Waals surface area contributed by atoms with Crippen molar-refractivity contribution in [2.75, 3.05) is 88.5 Å². The first-order valence-corrected chi connectivity index (χ1v) is 27.2. The van der Waals surface area contributed by atoms with E-state index in [-0.39, 0.29) is 63.2 Å². The Morgan fingerprint density at radius 3 is 2.39 bits per heavy atom. The smallest absolute Gasteiger partial charge is 0.319 e. The normalized spacial score (nSPS) is 25.2. The molecule has 8 heterocycles. The number of piperazine rings is 1. The number of aromatic hydroxyl groups is 1. The van der Waals surface area contributed by atoms with Crippen LogP contribution >= 0.6 is 0 Å². The minimum absolute atomic E-state index is 0.0194. The van der Waals surface area contributed by atoms with Crippen LogP contribution in [0.3, 0.4) is 0 Å². The number of pyridine rings is 1. The molecule has 394 valence electrons. The average molecular weight is 1030 g/mol. The number of ether oxygens (including phenoxy) is 2. The molecule has 15 nitrogen and oxygen atoms in total. The lowest BCUT2D eigenvalue weighted by Crippen LogP contribution is -2.60. The third-order valence-corrected chi connectivity index (χ3v) is 18.3. The third kappa shape index (κ3) is 8.81. The highest BCUT2D eigenvalue weighted by atomic mass is 19.1. The van der Waals surface area contributed by atoms with Crippen molar-refractivity contribution in [2.45, 2.75) is 108 Å². The first-order chi connectivity index (χ1) is 36.2. The number of nitrogens with zero attached hydrogens (tertiary/aromatic N) is 8. The topological polar surface area (TPSA) is 157 Å². The van der Waals surface area contributed by atoms with Gasteiger partial charge in [0.05, 0.1) is 24.2 Å². The van der Waals surface area contributed by atoms with E-state index in [2.05, 4.69) is 29.9 Å². The molecule has 2 aliphatic carbocycles. The number of aromatic nitrogens is 3. The van der Waals surface area contributed by atoms with Crippen molar-refractivity contribution < 1.29 is 42.1 Å². The molecule has 18 heteroatoms. The molecular formula is C57H64F3N9O6. The van der Waals surface area contributed by atoms with Gasteiger partial charge >= 0.3 is 6.01 Å². The molecule has 8 aliphatic rings. The Labute approximate surface area is 433 Å². The van der Waals surface area contributed by atoms with Gasteiger partial charge in [-0.1, -0.05) is 13.0 Å². The van der Waals surface area contributed by atoms with Crippen LogP contribution in [0, 0.1) is 22.5 Å². The summed E-state index contributed by atoms with van der Waals surface area (Å²) in [7, 11) is 0. The van der Waals surface area contributed by atoms with Crippen molar-refractivity contribution in [3.8, 4) is 23.0 Å². The number of hydrogen-bond acceptors (Lipinski definition) is 13. The molecule has 2 N–H and O–H groups in total. The van der Waals surface area contributed by atoms with Gasteiger partial charge in [0.1, 0.15) is 40.3 Å². The summed E-state index contributed by atoms with van der Waals surface area (Å²) in [6.45, 7) is 10.7. The molecule has 0 radical (unpaired) electrons. The van der Waals surface area contributed by atoms with Crippen molar-refractivity contribution in [1.82, 2.24) is 35.0 Å². The Kier molecular flexibility index (Phi) is 11.8. The van der Waals surface area contributed by atoms with Crippen molar-refractivity contribution >= 4 is 50.9 Å². The van der Waals surface area contributed by atoms with Crippen LogP contribution in [0.2, 0.25) is 0 Å². The van der Waals surface area contributed by atoms with E-state index >= 15 is 13.2 Å². The van der Waals surface area contributed by atoms with Crippen molar-refractivity contribution in [3.63, 3.8) is 0 Å². The fraction of sp³-hybridized carbons (Fsp3) is 0.544. The van der Waals surface area contributed by atoms with E-state index in [1.165, 1.54) is 12.1 Å². The Morgan fingerprint density at radius 2 is 1.65 bits per heavy atom. The second-order valence-corrected chi connectivity index (χ2v) is 23.4. The van der Waals surface area contributed by atoms with Gasteiger partial charge in [-0.3, -0.25) is 29.6 Å². The quantitative estimate of drug-likeness (QED) is 0.119. The number of rotatable bonds is 12. The zero-order chi connectivity index (χ0) is 51.4. The number of aryl methyl sites for hydroxylation is 1. The maximum absolute atomic E-state index is 17.3. The number of amides is 3. The zero-order valence-electron chi connectivity index (χ0n) is 42.6. The summed E-state index contributed by atoms with van der Waals surface area (Å²) in [6.07, 6.45) is 10.3. The van der Waals surface area contributed by atoms with Crippen LogP contribution in [0.15, 0.2) is 48.7 Å². The van der Waals surface area contributed by atoms with Gasteiger partial charge < -0.3 is 34.2 Å². The van der Waals surface area contributed by atoms with Gasteiger partial charge in [0.25, 0.3) is 5.91 Å². The van der Waals surface area contributed by atoms with E-state index in [0.717, 1.165) is 102 Å². The highest BCUT2D eigenvalue weighted by Gasteiger charge is 2.57. The van der Waals surface area contributed by atoms with Gasteiger partial charge in [0.2, 0.25) is 11.8 Å². The fourth-order valence-corrected chi connectivity index (χ4v) is 14.0. The van der Waals surface area contributed by atoms with Crippen molar-refractivity contribution in [2.24, 2.45) is 10.8 Å². The molecule has 6 aliphatic heterocycles. The number of imide groups is 1. The molecule has 1 unspecified atom stereocenters. The summed E-state index contributed by atoms with van der Waals surface area (Å²) < 4.78 is 61.7. The number of nitrogens with one attached hydrogen (secondary N) is 1. The monoisotopic (exact) mass is 1030 g/mol. The number of benzene rings is 3. The van der Waals surface area contributed by atoms with Crippen LogP contribution in [0.4, 0.5) is 24.7 Å². The lowest BCUT2D eigenvalue weighted by molar-refractivity contribution is -0.151. The van der Waals surface area contributed by atoms with Crippen molar-refractivity contribution in [1.29, 1.82) is 0 Å². The van der Waals surface area contributed by atoms with Gasteiger partial charge in [0.15, 0.2) is 5.82 Å². The third-order valence-electron chi connectivity index (χ3n) is 18.3. The number of piperidine rings is 3. The van der Waals surface area contributed by atoms with E-state index in [1.807, 2.05) is 25.1 Å². The van der Waals surface area contributed by atoms with Gasteiger partial charge in [-0.05, 0) is 141 Å². The van der Waals surface area contributed by atoms with E-state index in [9.17, 15) is 19.5 Å². The predicted octanol–water partition coefficient (Wildman–Crippen LogP) is 7.48. The second kappa shape index (κ2) is 18.3. The number of likely N-dealkylation sites (tertiary alicyclic amines) is 1. The molecule has 2 atom stereocenters. The van der Waals surface area contributed by atoms with E-state index < -0.39 is 29.3 Å². The minimum atomic E-state index is -1.20. The number of hydrogen-bond donors (Lipinski definition) is 2. The number of carbonyl (C=O) groups is 3. The highest BCUT2D eigenvalue weighted by molar-refractivity contribution is 6.06. The molecule has 5 aromatic rings. The predicted molar refractivity (Wildman–Crippen MR) is 275 cm³/mol.